The van der Waals surface area contributed by atoms with Crippen LogP contribution in [0.15, 0.2) is 110 Å². The second-order valence-corrected chi connectivity index (χ2v) is 35.7. The molecule has 13 N–H and O–H groups in total. The number of aryl methyl sites for hydroxylation is 2. The molecule has 0 radical (unpaired) electrons. The fourth-order valence-electron chi connectivity index (χ4n) is 10.4. The standard InChI is InChI=1S/C16H22N4O4.C14H20N4O3.C11H14N4O2.C10H14BrN3O2.C10H15N3O2.C9H11BrN4O.C9H12N4O.C6H6N2O2.C5H8O2/c1-5-23-14(21)7-6-11(8-17)12-9-19-13(10-18-12)20-15(22)24-16(2,3)4;1-14(2,3)21-13(20)18-11-8-15-10(7-16-11)9-4-5-12(19)17-6-9;1-11(2,3)17-10(16)15-9-7-13-8(4-5-12)6-14-9;1-10(2,3)16-9(15)14-8-6-12-7(4-11)5-13-8;1-7-5-12-8(6-11-7)13-9(14)15-10(2,3)4;10-8-9(11)13-4-6(14-8)5-1-2-7(15)12-3-5;10-8-5-11-7(4-12-8)6-1-2-9(14)13-3-6;1-4-2-8-5(3-7-4)6(9)10;1-3-5(6)7-4-2/h9-11H,5-7H2,1-4H3,(H,19,20,22);7-9H,4-6H2,1-3H3,(H,17,19)(H,16,18,20);6-7H,4H2,1-3H3,(H,14,15,16);5-6H,4H2,1-3H3,(H,13,14,15);5-6H,1-4H3,(H,12,13,14);4-5H,1-3H2,(H2,11,13)(H,12,15);4-6H,1-3H2,(H2,10,12)(H,13,14);2-3H,1H3,(H,9,10);3H,1,4H2,2H3. The van der Waals surface area contributed by atoms with Crippen LogP contribution in [0.5, 0.6) is 0 Å². The van der Waals surface area contributed by atoms with Gasteiger partial charge in [-0.25, -0.2) is 78.4 Å². The van der Waals surface area contributed by atoms with Crippen molar-refractivity contribution in [1.29, 1.82) is 10.5 Å². The number of nitrogens with one attached hydrogen (secondary N) is 8. The van der Waals surface area contributed by atoms with Gasteiger partial charge in [0, 0.05) is 80.7 Å². The number of carbonyl (C=O) groups excluding carboxylic acids is 10. The quantitative estimate of drug-likeness (QED) is 0.0164. The first-order chi connectivity index (χ1) is 65.2. The Labute approximate surface area is 822 Å². The first kappa shape index (κ1) is 118. The summed E-state index contributed by atoms with van der Waals surface area (Å²) in [5.41, 5.74) is 14.1. The largest absolute Gasteiger partial charge is 0.476 e. The molecule has 4 atom stereocenters. The normalized spacial score (nSPS) is 14.2. The molecule has 0 saturated carbocycles. The molecule has 0 spiro atoms. The maximum atomic E-state index is 11.6. The average Bonchev–Trinajstić information content (AvgIpc) is 0.842. The number of carbonyl (C=O) groups is 11. The van der Waals surface area contributed by atoms with Gasteiger partial charge in [-0.2, -0.15) is 10.5 Å². The number of ether oxygens (including phenoxy) is 7. The number of halogens is 2. The van der Waals surface area contributed by atoms with E-state index in [1.54, 1.807) is 162 Å². The van der Waals surface area contributed by atoms with Gasteiger partial charge in [0.25, 0.3) is 0 Å². The number of rotatable bonds is 18. The topological polar surface area (TPSA) is 675 Å². The van der Waals surface area contributed by atoms with Crippen molar-refractivity contribution in [2.24, 2.45) is 0 Å². The molecule has 3 saturated heterocycles. The number of hydrogen-bond acceptors (Lipinski definition) is 38. The van der Waals surface area contributed by atoms with E-state index in [-0.39, 0.29) is 71.8 Å². The van der Waals surface area contributed by atoms with Gasteiger partial charge in [-0.3, -0.25) is 80.6 Å². The van der Waals surface area contributed by atoms with Gasteiger partial charge in [-0.15, -0.1) is 0 Å². The van der Waals surface area contributed by atoms with Crippen molar-refractivity contribution in [3.8, 4) is 12.1 Å². The molecule has 4 unspecified atom stereocenters. The van der Waals surface area contributed by atoms with E-state index >= 15 is 0 Å². The number of nitriles is 2. The maximum Gasteiger partial charge on any atom is 0.413 e. The van der Waals surface area contributed by atoms with Crippen LogP contribution in [0.1, 0.15) is 249 Å². The van der Waals surface area contributed by atoms with Crippen LogP contribution in [0.3, 0.4) is 0 Å². The number of nitrogens with two attached hydrogens (primary N) is 2. The first-order valence-corrected chi connectivity index (χ1v) is 45.1. The summed E-state index contributed by atoms with van der Waals surface area (Å²) < 4.78 is 35.2. The molecule has 3 aliphatic rings. The minimum absolute atomic E-state index is 0.0226. The van der Waals surface area contributed by atoms with E-state index in [0.717, 1.165) is 53.8 Å². The number of aromatic nitrogens is 16. The molecule has 11 heterocycles. The van der Waals surface area contributed by atoms with Crippen molar-refractivity contribution in [3.05, 3.63) is 161 Å². The Hall–Kier alpha value is -14.9. The summed E-state index contributed by atoms with van der Waals surface area (Å²) in [6.45, 7) is 39.6. The smallest absolute Gasteiger partial charge is 0.413 e. The number of amides is 8. The molecule has 47 nitrogen and oxygen atoms in total. The monoisotopic (exact) mass is 2060 g/mol. The Kier molecular flexibility index (Phi) is 50.9. The third kappa shape index (κ3) is 53.8. The van der Waals surface area contributed by atoms with Crippen molar-refractivity contribution in [2.75, 3.05) is 70.9 Å². The molecular formula is C90H122Br2N28O19. The predicted octanol–water partition coefficient (Wildman–Crippen LogP) is 13.4. The third-order valence-corrected chi connectivity index (χ3v) is 17.7. The van der Waals surface area contributed by atoms with Crippen LogP contribution < -0.4 is 54.0 Å². The molecule has 139 heavy (non-hydrogen) atoms. The van der Waals surface area contributed by atoms with Crippen molar-refractivity contribution in [1.82, 2.24) is 95.7 Å². The van der Waals surface area contributed by atoms with Gasteiger partial charge in [-0.1, -0.05) is 22.5 Å². The second-order valence-electron chi connectivity index (χ2n) is 34.4. The SMILES string of the molecule is C=CC(=O)OCC.CC(C)(C)OC(=O)Nc1cnc(C2CCC(=O)NC2)cn1.CC(C)(C)OC(=O)Nc1cnc(CBr)cn1.CC(C)(C)OC(=O)Nc1cnc(CC#N)cn1.CCOC(=O)CCC(C#N)c1cnc(NC(=O)OC(C)(C)C)cn1.Cc1cnc(C(=O)O)cn1.Cc1cnc(NC(=O)OC(C)(C)C)cn1.Nc1cnc(C2CCC(=O)NC2)cn1.Nc1ncc(C2CCC(=O)NC2)nc1Br. The maximum absolute atomic E-state index is 11.6. The first-order valence-electron chi connectivity index (χ1n) is 43.2. The number of nitrogen functional groups attached to an aromatic ring is 2. The number of carboxylic acid groups (broad SMARTS) is 1. The number of alkyl halides is 1. The van der Waals surface area contributed by atoms with E-state index in [1.807, 2.05) is 13.0 Å². The number of carboxylic acids is 1. The summed E-state index contributed by atoms with van der Waals surface area (Å²) >= 11 is 6.50. The van der Waals surface area contributed by atoms with E-state index < -0.39 is 70.4 Å². The van der Waals surface area contributed by atoms with Crippen molar-refractivity contribution in [3.63, 3.8) is 0 Å². The molecule has 49 heteroatoms. The molecule has 3 aliphatic heterocycles. The van der Waals surface area contributed by atoms with Crippen molar-refractivity contribution in [2.45, 2.75) is 246 Å². The van der Waals surface area contributed by atoms with Gasteiger partial charge < -0.3 is 65.7 Å². The molecule has 8 aromatic rings. The molecule has 0 aliphatic carbocycles. The van der Waals surface area contributed by atoms with Gasteiger partial charge in [-0.05, 0) is 173 Å². The Morgan fingerprint density at radius 3 is 1.14 bits per heavy atom. The van der Waals surface area contributed by atoms with Crippen molar-refractivity contribution >= 4 is 139 Å². The van der Waals surface area contributed by atoms with Gasteiger partial charge in [0.1, 0.15) is 38.4 Å². The van der Waals surface area contributed by atoms with E-state index in [2.05, 4.69) is 172 Å². The zero-order chi connectivity index (χ0) is 104. The van der Waals surface area contributed by atoms with Crippen LogP contribution in [0.25, 0.3) is 0 Å². The van der Waals surface area contributed by atoms with E-state index in [0.29, 0.717) is 120 Å². The summed E-state index contributed by atoms with van der Waals surface area (Å²) in [6, 6.07) is 4.05. The van der Waals surface area contributed by atoms with Crippen LogP contribution in [0, 0.1) is 36.5 Å². The highest BCUT2D eigenvalue weighted by Gasteiger charge is 2.27. The highest BCUT2D eigenvalue weighted by molar-refractivity contribution is 9.10. The molecule has 3 fully saturated rings. The number of piperidine rings is 3. The van der Waals surface area contributed by atoms with Crippen molar-refractivity contribution < 1.29 is 91.0 Å². The zero-order valence-corrected chi connectivity index (χ0v) is 84.3. The predicted molar refractivity (Wildman–Crippen MR) is 516 cm³/mol. The van der Waals surface area contributed by atoms with Crippen LogP contribution in [-0.2, 0) is 68.9 Å². The Bertz CT molecular complexity index is 5320. The summed E-state index contributed by atoms with van der Waals surface area (Å²) in [5.74, 6) is 1.07. The molecule has 11 rings (SSSR count). The second kappa shape index (κ2) is 59.8. The fraction of sp³-hybridized carbons (Fsp3) is 0.478. The number of aromatic carboxylic acids is 1. The average molecular weight is 2060 g/mol. The lowest BCUT2D eigenvalue weighted by Crippen LogP contribution is -2.34. The Balaban J connectivity index is 0.000000408. The Morgan fingerprint density at radius 1 is 0.482 bits per heavy atom. The van der Waals surface area contributed by atoms with E-state index in [9.17, 15) is 58.0 Å². The fourth-order valence-corrected chi connectivity index (χ4v) is 10.9. The summed E-state index contributed by atoms with van der Waals surface area (Å²) in [7, 11) is 0. The minimum atomic E-state index is -1.05. The van der Waals surface area contributed by atoms with Crippen LogP contribution in [-0.4, -0.2) is 212 Å². The Morgan fingerprint density at radius 2 is 0.849 bits per heavy atom. The molecule has 0 aromatic carbocycles. The minimum Gasteiger partial charge on any atom is -0.476 e. The van der Waals surface area contributed by atoms with Gasteiger partial charge in [0.05, 0.1) is 170 Å². The summed E-state index contributed by atoms with van der Waals surface area (Å²) in [5, 5.41) is 47.5. The highest BCUT2D eigenvalue weighted by atomic mass is 79.9. The lowest BCUT2D eigenvalue weighted by molar-refractivity contribution is -0.143. The van der Waals surface area contributed by atoms with Gasteiger partial charge >= 0.3 is 48.4 Å². The zero-order valence-electron chi connectivity index (χ0n) is 81.1. The molecule has 0 bridgehead atoms. The molecule has 8 amide bonds. The van der Waals surface area contributed by atoms with Crippen LogP contribution >= 0.6 is 31.9 Å². The van der Waals surface area contributed by atoms with Crippen LogP contribution in [0.2, 0.25) is 0 Å². The number of anilines is 7. The number of esters is 2. The van der Waals surface area contributed by atoms with E-state index in [1.165, 1.54) is 55.8 Å². The lowest BCUT2D eigenvalue weighted by atomic mass is 9.96. The number of hydrogen-bond donors (Lipinski definition) is 11. The summed E-state index contributed by atoms with van der Waals surface area (Å²) in [6.07, 6.45) is 25.3. The van der Waals surface area contributed by atoms with Crippen LogP contribution in [0.4, 0.5) is 64.7 Å². The highest BCUT2D eigenvalue weighted by Crippen LogP contribution is 2.27. The molecular weight excluding hydrogens is 1940 g/mol. The number of nitrogens with zero attached hydrogens (tertiary/aromatic N) is 18. The molecule has 8 aromatic heterocycles. The lowest BCUT2D eigenvalue weighted by Gasteiger charge is -2.22. The van der Waals surface area contributed by atoms with Gasteiger partial charge in [0.2, 0.25) is 17.7 Å². The molecule has 750 valence electrons. The van der Waals surface area contributed by atoms with E-state index in [4.69, 9.17) is 50.3 Å². The van der Waals surface area contributed by atoms with Gasteiger partial charge in [0.15, 0.2) is 40.6 Å². The summed E-state index contributed by atoms with van der Waals surface area (Å²) in [4.78, 5) is 186. The third-order valence-electron chi connectivity index (χ3n) is 16.5.